The van der Waals surface area contributed by atoms with Crippen molar-refractivity contribution < 1.29 is 21.6 Å². The molecule has 2 aromatic rings. The number of hydrogen-bond donors (Lipinski definition) is 1. The first kappa shape index (κ1) is 18.8. The highest BCUT2D eigenvalue weighted by molar-refractivity contribution is 7.92. The number of benzene rings is 1. The quantitative estimate of drug-likeness (QED) is 0.785. The number of rotatable bonds is 5. The number of ether oxygens (including phenoxy) is 1. The number of hydrogen-bond acceptors (Lipinski definition) is 6. The second kappa shape index (κ2) is 6.99. The molecule has 0 spiro atoms. The van der Waals surface area contributed by atoms with Crippen molar-refractivity contribution in [2.75, 3.05) is 31.0 Å². The lowest BCUT2D eigenvalue weighted by atomic mass is 10.3. The zero-order valence-electron chi connectivity index (χ0n) is 14.4. The van der Waals surface area contributed by atoms with Gasteiger partial charge in [0.1, 0.15) is 4.90 Å². The summed E-state index contributed by atoms with van der Waals surface area (Å²) in [6.45, 7) is 2.93. The minimum absolute atomic E-state index is 0.0741. The second-order valence-electron chi connectivity index (χ2n) is 5.90. The van der Waals surface area contributed by atoms with E-state index >= 15 is 0 Å². The maximum Gasteiger partial charge on any atom is 0.265 e. The zero-order valence-corrected chi connectivity index (χ0v) is 16.0. The Labute approximate surface area is 152 Å². The molecular formula is C15H20N4O5S2. The summed E-state index contributed by atoms with van der Waals surface area (Å²) in [6, 6.07) is 5.63. The van der Waals surface area contributed by atoms with Crippen molar-refractivity contribution in [2.45, 2.75) is 16.7 Å². The predicted octanol–water partition coefficient (Wildman–Crippen LogP) is 0.550. The van der Waals surface area contributed by atoms with E-state index in [0.717, 1.165) is 0 Å². The van der Waals surface area contributed by atoms with Crippen LogP contribution >= 0.6 is 0 Å². The number of anilines is 1. The molecule has 1 N–H and O–H groups in total. The summed E-state index contributed by atoms with van der Waals surface area (Å²) in [5.74, 6) is 0. The molecule has 0 unspecified atom stereocenters. The van der Waals surface area contributed by atoms with Gasteiger partial charge in [-0.2, -0.15) is 9.40 Å². The first-order valence-electron chi connectivity index (χ1n) is 7.91. The average molecular weight is 400 g/mol. The van der Waals surface area contributed by atoms with E-state index in [0.29, 0.717) is 32.0 Å². The van der Waals surface area contributed by atoms with E-state index in [1.54, 1.807) is 14.0 Å². The number of aryl methyl sites for hydroxylation is 2. The maximum absolute atomic E-state index is 12.6. The van der Waals surface area contributed by atoms with Crippen LogP contribution in [-0.2, 0) is 31.8 Å². The summed E-state index contributed by atoms with van der Waals surface area (Å²) in [7, 11) is -5.78. The van der Waals surface area contributed by atoms with Gasteiger partial charge in [-0.05, 0) is 31.2 Å². The minimum Gasteiger partial charge on any atom is -0.379 e. The highest BCUT2D eigenvalue weighted by Crippen LogP contribution is 2.22. The van der Waals surface area contributed by atoms with Gasteiger partial charge >= 0.3 is 0 Å². The zero-order chi connectivity index (χ0) is 18.9. The lowest BCUT2D eigenvalue weighted by molar-refractivity contribution is 0.0730. The fourth-order valence-electron chi connectivity index (χ4n) is 2.68. The topological polar surface area (TPSA) is 111 Å². The van der Waals surface area contributed by atoms with E-state index in [2.05, 4.69) is 9.82 Å². The standard InChI is InChI=1S/C15H20N4O5S2/c1-12-15(11-18(2)16-12)25(20,21)17-13-3-5-14(6-4-13)26(22,23)19-7-9-24-10-8-19/h3-6,11,17H,7-10H2,1-2H3. The molecule has 2 heterocycles. The van der Waals surface area contributed by atoms with Crippen LogP contribution in [0.25, 0.3) is 0 Å². The van der Waals surface area contributed by atoms with Crippen molar-refractivity contribution in [1.29, 1.82) is 0 Å². The summed E-state index contributed by atoms with van der Waals surface area (Å²) in [6.07, 6.45) is 1.41. The number of sulfonamides is 2. The van der Waals surface area contributed by atoms with Crippen molar-refractivity contribution in [2.24, 2.45) is 7.05 Å². The van der Waals surface area contributed by atoms with Crippen molar-refractivity contribution in [3.63, 3.8) is 0 Å². The van der Waals surface area contributed by atoms with Gasteiger partial charge in [0.25, 0.3) is 10.0 Å². The average Bonchev–Trinajstić information content (AvgIpc) is 2.95. The second-order valence-corrected chi connectivity index (χ2v) is 9.49. The van der Waals surface area contributed by atoms with Crippen LogP contribution in [0.5, 0.6) is 0 Å². The molecule has 0 aliphatic carbocycles. The van der Waals surface area contributed by atoms with E-state index in [-0.39, 0.29) is 15.5 Å². The molecule has 142 valence electrons. The van der Waals surface area contributed by atoms with Gasteiger partial charge in [-0.15, -0.1) is 0 Å². The van der Waals surface area contributed by atoms with Gasteiger partial charge < -0.3 is 4.74 Å². The molecule has 0 saturated carbocycles. The van der Waals surface area contributed by atoms with Crippen molar-refractivity contribution in [3.05, 3.63) is 36.2 Å². The molecule has 9 nitrogen and oxygen atoms in total. The van der Waals surface area contributed by atoms with E-state index in [4.69, 9.17) is 4.74 Å². The summed E-state index contributed by atoms with van der Waals surface area (Å²) < 4.78 is 60.4. The predicted molar refractivity (Wildman–Crippen MR) is 94.8 cm³/mol. The van der Waals surface area contributed by atoms with Crippen LogP contribution < -0.4 is 4.72 Å². The van der Waals surface area contributed by atoms with Crippen molar-refractivity contribution >= 4 is 25.7 Å². The SMILES string of the molecule is Cc1nn(C)cc1S(=O)(=O)Nc1ccc(S(=O)(=O)N2CCOCC2)cc1. The summed E-state index contributed by atoms with van der Waals surface area (Å²) >= 11 is 0. The third-order valence-electron chi connectivity index (χ3n) is 3.97. The van der Waals surface area contributed by atoms with Gasteiger partial charge in [-0.1, -0.05) is 0 Å². The molecule has 0 radical (unpaired) electrons. The lowest BCUT2D eigenvalue weighted by Gasteiger charge is -2.26. The number of nitrogens with zero attached hydrogens (tertiary/aromatic N) is 3. The van der Waals surface area contributed by atoms with E-state index in [9.17, 15) is 16.8 Å². The van der Waals surface area contributed by atoms with E-state index in [1.165, 1.54) is 39.4 Å². The monoisotopic (exact) mass is 400 g/mol. The molecule has 0 atom stereocenters. The Morgan fingerprint density at radius 3 is 2.23 bits per heavy atom. The molecule has 1 aliphatic heterocycles. The highest BCUT2D eigenvalue weighted by Gasteiger charge is 2.26. The number of nitrogens with one attached hydrogen (secondary N) is 1. The van der Waals surface area contributed by atoms with Gasteiger partial charge in [-0.3, -0.25) is 9.40 Å². The molecule has 3 rings (SSSR count). The van der Waals surface area contributed by atoms with E-state index in [1.807, 2.05) is 0 Å². The molecule has 1 fully saturated rings. The largest absolute Gasteiger partial charge is 0.379 e. The Balaban J connectivity index is 1.80. The Kier molecular flexibility index (Phi) is 5.06. The Morgan fingerprint density at radius 2 is 1.69 bits per heavy atom. The van der Waals surface area contributed by atoms with Crippen LogP contribution in [0.4, 0.5) is 5.69 Å². The molecule has 0 bridgehead atoms. The fourth-order valence-corrected chi connectivity index (χ4v) is 5.37. The molecule has 11 heteroatoms. The molecule has 26 heavy (non-hydrogen) atoms. The van der Waals surface area contributed by atoms with Crippen LogP contribution in [0.1, 0.15) is 5.69 Å². The fraction of sp³-hybridized carbons (Fsp3) is 0.400. The van der Waals surface area contributed by atoms with Gasteiger partial charge in [0.15, 0.2) is 0 Å². The molecule has 1 saturated heterocycles. The summed E-state index contributed by atoms with van der Waals surface area (Å²) in [5, 5.41) is 4.02. The molecule has 0 amide bonds. The molecule has 1 aromatic heterocycles. The number of aromatic nitrogens is 2. The normalized spacial score (nSPS) is 16.5. The van der Waals surface area contributed by atoms with Crippen LogP contribution in [0, 0.1) is 6.92 Å². The van der Waals surface area contributed by atoms with Crippen molar-refractivity contribution in [3.8, 4) is 0 Å². The first-order chi connectivity index (χ1) is 12.2. The Morgan fingerprint density at radius 1 is 1.08 bits per heavy atom. The van der Waals surface area contributed by atoms with Gasteiger partial charge in [0.2, 0.25) is 10.0 Å². The molecule has 1 aromatic carbocycles. The van der Waals surface area contributed by atoms with E-state index < -0.39 is 20.0 Å². The Hall–Kier alpha value is -1.95. The number of morpholine rings is 1. The van der Waals surface area contributed by atoms with Crippen molar-refractivity contribution in [1.82, 2.24) is 14.1 Å². The smallest absolute Gasteiger partial charge is 0.265 e. The lowest BCUT2D eigenvalue weighted by Crippen LogP contribution is -2.40. The highest BCUT2D eigenvalue weighted by atomic mass is 32.2. The van der Waals surface area contributed by atoms with Crippen LogP contribution in [0.2, 0.25) is 0 Å². The summed E-state index contributed by atoms with van der Waals surface area (Å²) in [4.78, 5) is 0.185. The van der Waals surface area contributed by atoms with Gasteiger partial charge in [0, 0.05) is 32.0 Å². The first-order valence-corrected chi connectivity index (χ1v) is 10.8. The third kappa shape index (κ3) is 3.75. The van der Waals surface area contributed by atoms with Crippen LogP contribution in [0.15, 0.2) is 40.3 Å². The Bertz CT molecular complexity index is 991. The molecule has 1 aliphatic rings. The minimum atomic E-state index is -3.80. The third-order valence-corrected chi connectivity index (χ3v) is 7.37. The molecular weight excluding hydrogens is 380 g/mol. The van der Waals surface area contributed by atoms with Crippen LogP contribution in [0.3, 0.4) is 0 Å². The van der Waals surface area contributed by atoms with Crippen LogP contribution in [-0.4, -0.2) is 57.2 Å². The summed E-state index contributed by atoms with van der Waals surface area (Å²) in [5.41, 5.74) is 0.653. The van der Waals surface area contributed by atoms with Gasteiger partial charge in [-0.25, -0.2) is 16.8 Å². The van der Waals surface area contributed by atoms with Gasteiger partial charge in [0.05, 0.1) is 23.8 Å². The maximum atomic E-state index is 12.6.